The van der Waals surface area contributed by atoms with Gasteiger partial charge in [-0.15, -0.1) is 0 Å². The van der Waals surface area contributed by atoms with Gasteiger partial charge in [-0.05, 0) is 54.1 Å². The van der Waals surface area contributed by atoms with Crippen molar-refractivity contribution >= 4 is 39.7 Å². The van der Waals surface area contributed by atoms with E-state index >= 15 is 0 Å². The molecule has 32 heavy (non-hydrogen) atoms. The molecule has 0 aliphatic rings. The molecule has 0 bridgehead atoms. The SMILES string of the molecule is COc1ccc(C=Cc2ccnc(NS(=O)(=O)c3ccc(NC(=O)C(C)C)cc3)n2)cc1. The zero-order valence-corrected chi connectivity index (χ0v) is 18.8. The zero-order chi connectivity index (χ0) is 23.1. The summed E-state index contributed by atoms with van der Waals surface area (Å²) >= 11 is 0. The van der Waals surface area contributed by atoms with Crippen molar-refractivity contribution in [3.63, 3.8) is 0 Å². The molecule has 0 spiro atoms. The fourth-order valence-electron chi connectivity index (χ4n) is 2.59. The number of aromatic nitrogens is 2. The minimum absolute atomic E-state index is 0.0304. The smallest absolute Gasteiger partial charge is 0.264 e. The molecule has 2 N–H and O–H groups in total. The van der Waals surface area contributed by atoms with Crippen molar-refractivity contribution in [3.8, 4) is 5.75 Å². The predicted molar refractivity (Wildman–Crippen MR) is 125 cm³/mol. The highest BCUT2D eigenvalue weighted by molar-refractivity contribution is 7.92. The molecule has 0 radical (unpaired) electrons. The average molecular weight is 453 g/mol. The Balaban J connectivity index is 1.70. The van der Waals surface area contributed by atoms with Crippen molar-refractivity contribution < 1.29 is 17.9 Å². The third-order valence-electron chi connectivity index (χ3n) is 4.42. The first-order chi connectivity index (χ1) is 15.3. The van der Waals surface area contributed by atoms with Crippen molar-refractivity contribution in [1.29, 1.82) is 0 Å². The molecule has 0 atom stereocenters. The molecule has 0 aliphatic carbocycles. The summed E-state index contributed by atoms with van der Waals surface area (Å²) in [6.45, 7) is 3.55. The number of hydrogen-bond donors (Lipinski definition) is 2. The van der Waals surface area contributed by atoms with Crippen molar-refractivity contribution in [2.45, 2.75) is 18.7 Å². The number of benzene rings is 2. The van der Waals surface area contributed by atoms with E-state index in [0.29, 0.717) is 11.4 Å². The molecule has 0 aliphatic heterocycles. The Morgan fingerprint density at radius 1 is 1.00 bits per heavy atom. The van der Waals surface area contributed by atoms with E-state index in [1.165, 1.54) is 30.5 Å². The second kappa shape index (κ2) is 10.1. The van der Waals surface area contributed by atoms with E-state index < -0.39 is 10.0 Å². The lowest BCUT2D eigenvalue weighted by atomic mass is 10.2. The Morgan fingerprint density at radius 2 is 1.69 bits per heavy atom. The highest BCUT2D eigenvalue weighted by Gasteiger charge is 2.16. The van der Waals surface area contributed by atoms with Crippen LogP contribution in [0.4, 0.5) is 11.6 Å². The van der Waals surface area contributed by atoms with E-state index in [9.17, 15) is 13.2 Å². The number of ether oxygens (including phenoxy) is 1. The van der Waals surface area contributed by atoms with Crippen molar-refractivity contribution in [1.82, 2.24) is 9.97 Å². The van der Waals surface area contributed by atoms with Gasteiger partial charge in [-0.25, -0.2) is 23.1 Å². The molecule has 0 saturated heterocycles. The van der Waals surface area contributed by atoms with Gasteiger partial charge in [0.1, 0.15) is 5.75 Å². The predicted octanol–water partition coefficient (Wildman–Crippen LogP) is 4.05. The molecule has 0 saturated carbocycles. The van der Waals surface area contributed by atoms with Gasteiger partial charge < -0.3 is 10.1 Å². The highest BCUT2D eigenvalue weighted by Crippen LogP contribution is 2.18. The Labute approximate surface area is 187 Å². The summed E-state index contributed by atoms with van der Waals surface area (Å²) < 4.78 is 32.9. The van der Waals surface area contributed by atoms with E-state index in [0.717, 1.165) is 11.3 Å². The van der Waals surface area contributed by atoms with E-state index in [2.05, 4.69) is 20.0 Å². The number of nitrogens with one attached hydrogen (secondary N) is 2. The van der Waals surface area contributed by atoms with Crippen LogP contribution in [0.1, 0.15) is 25.1 Å². The summed E-state index contributed by atoms with van der Waals surface area (Å²) in [7, 11) is -2.29. The Morgan fingerprint density at radius 3 is 2.31 bits per heavy atom. The summed E-state index contributed by atoms with van der Waals surface area (Å²) in [6.07, 6.45) is 5.08. The maximum Gasteiger partial charge on any atom is 0.264 e. The number of anilines is 2. The standard InChI is InChI=1S/C23H24N4O4S/c1-16(2)22(28)25-18-8-12-21(13-9-18)32(29,30)27-23-24-15-14-19(26-23)7-4-17-5-10-20(31-3)11-6-17/h4-16H,1-3H3,(H,25,28)(H,24,26,27). The minimum atomic E-state index is -3.89. The molecule has 1 heterocycles. The third-order valence-corrected chi connectivity index (χ3v) is 5.77. The van der Waals surface area contributed by atoms with Gasteiger partial charge in [0.05, 0.1) is 17.7 Å². The van der Waals surface area contributed by atoms with Gasteiger partial charge >= 0.3 is 0 Å². The van der Waals surface area contributed by atoms with Crippen LogP contribution >= 0.6 is 0 Å². The lowest BCUT2D eigenvalue weighted by Gasteiger charge is -2.10. The number of amides is 1. The number of hydrogen-bond acceptors (Lipinski definition) is 6. The molecule has 2 aromatic carbocycles. The second-order valence-corrected chi connectivity index (χ2v) is 8.87. The summed E-state index contributed by atoms with van der Waals surface area (Å²) in [4.78, 5) is 20.0. The summed E-state index contributed by atoms with van der Waals surface area (Å²) in [5.74, 6) is 0.394. The number of carbonyl (C=O) groups is 1. The second-order valence-electron chi connectivity index (χ2n) is 7.19. The van der Waals surface area contributed by atoms with Gasteiger partial charge in [-0.1, -0.05) is 32.1 Å². The quantitative estimate of drug-likeness (QED) is 0.533. The van der Waals surface area contributed by atoms with Crippen LogP contribution in [0.25, 0.3) is 12.2 Å². The number of nitrogens with zero attached hydrogens (tertiary/aromatic N) is 2. The Bertz CT molecular complexity index is 1210. The van der Waals surface area contributed by atoms with Gasteiger partial charge in [0.25, 0.3) is 10.0 Å². The van der Waals surface area contributed by atoms with E-state index in [4.69, 9.17) is 4.74 Å². The van der Waals surface area contributed by atoms with Crippen molar-refractivity contribution in [2.75, 3.05) is 17.1 Å². The summed E-state index contributed by atoms with van der Waals surface area (Å²) in [5.41, 5.74) is 2.00. The molecule has 9 heteroatoms. The zero-order valence-electron chi connectivity index (χ0n) is 17.9. The largest absolute Gasteiger partial charge is 0.497 e. The first-order valence-corrected chi connectivity index (χ1v) is 11.3. The van der Waals surface area contributed by atoms with Crippen LogP contribution in [-0.4, -0.2) is 31.4 Å². The monoisotopic (exact) mass is 452 g/mol. The number of methoxy groups -OCH3 is 1. The molecule has 8 nitrogen and oxygen atoms in total. The Hall–Kier alpha value is -3.72. The van der Waals surface area contributed by atoms with Crippen LogP contribution in [-0.2, 0) is 14.8 Å². The fraction of sp³-hybridized carbons (Fsp3) is 0.174. The first-order valence-electron chi connectivity index (χ1n) is 9.86. The summed E-state index contributed by atoms with van der Waals surface area (Å²) in [6, 6.07) is 15.0. The maximum absolute atomic E-state index is 12.7. The number of carbonyl (C=O) groups excluding carboxylic acids is 1. The van der Waals surface area contributed by atoms with E-state index in [-0.39, 0.29) is 22.7 Å². The van der Waals surface area contributed by atoms with Gasteiger partial charge in [-0.3, -0.25) is 4.79 Å². The fourth-order valence-corrected chi connectivity index (χ4v) is 3.55. The molecule has 166 valence electrons. The summed E-state index contributed by atoms with van der Waals surface area (Å²) in [5, 5.41) is 2.72. The molecule has 1 amide bonds. The molecular weight excluding hydrogens is 428 g/mol. The van der Waals surface area contributed by atoms with Crippen LogP contribution in [0.3, 0.4) is 0 Å². The van der Waals surface area contributed by atoms with E-state index in [1.807, 2.05) is 30.3 Å². The van der Waals surface area contributed by atoms with Gasteiger partial charge in [0.15, 0.2) is 0 Å². The number of rotatable bonds is 8. The number of sulfonamides is 1. The Kier molecular flexibility index (Phi) is 7.21. The topological polar surface area (TPSA) is 110 Å². The van der Waals surface area contributed by atoms with Crippen LogP contribution in [0.2, 0.25) is 0 Å². The maximum atomic E-state index is 12.7. The van der Waals surface area contributed by atoms with Crippen LogP contribution < -0.4 is 14.8 Å². The average Bonchev–Trinajstić information content (AvgIpc) is 2.78. The van der Waals surface area contributed by atoms with Gasteiger partial charge in [0.2, 0.25) is 11.9 Å². The third kappa shape index (κ3) is 6.14. The molecule has 3 rings (SSSR count). The minimum Gasteiger partial charge on any atom is -0.497 e. The van der Waals surface area contributed by atoms with Crippen molar-refractivity contribution in [2.24, 2.45) is 5.92 Å². The normalized spacial score (nSPS) is 11.5. The van der Waals surface area contributed by atoms with Crippen LogP contribution in [0, 0.1) is 5.92 Å². The molecule has 3 aromatic rings. The molecule has 0 unspecified atom stereocenters. The van der Waals surface area contributed by atoms with Crippen molar-refractivity contribution in [3.05, 3.63) is 72.1 Å². The lowest BCUT2D eigenvalue weighted by Crippen LogP contribution is -2.18. The lowest BCUT2D eigenvalue weighted by molar-refractivity contribution is -0.118. The highest BCUT2D eigenvalue weighted by atomic mass is 32.2. The molecular formula is C23H24N4O4S. The molecule has 1 aromatic heterocycles. The van der Waals surface area contributed by atoms with Crippen LogP contribution in [0.5, 0.6) is 5.75 Å². The van der Waals surface area contributed by atoms with Gasteiger partial charge in [0, 0.05) is 17.8 Å². The van der Waals surface area contributed by atoms with Gasteiger partial charge in [-0.2, -0.15) is 0 Å². The molecule has 0 fully saturated rings. The van der Waals surface area contributed by atoms with E-state index in [1.54, 1.807) is 33.1 Å². The van der Waals surface area contributed by atoms with Crippen LogP contribution in [0.15, 0.2) is 65.7 Å². The first kappa shape index (κ1) is 23.0.